The number of phosphoric ester groups is 1. The van der Waals surface area contributed by atoms with Crippen LogP contribution in [0, 0.1) is 0 Å². The highest BCUT2D eigenvalue weighted by atomic mass is 31.2. The molecule has 0 bridgehead atoms. The molecule has 0 fully saturated rings. The van der Waals surface area contributed by atoms with Gasteiger partial charge in [-0.15, -0.1) is 0 Å². The van der Waals surface area contributed by atoms with Gasteiger partial charge in [0.25, 0.3) is 0 Å². The molecule has 0 rings (SSSR count). The van der Waals surface area contributed by atoms with Crippen LogP contribution in [0.15, 0.2) is 97.2 Å². The zero-order valence-corrected chi connectivity index (χ0v) is 64.7. The van der Waals surface area contributed by atoms with Crippen molar-refractivity contribution in [3.05, 3.63) is 97.2 Å². The fraction of sp³-hybridized carbons (Fsp3) is 0.791. The third-order valence-electron chi connectivity index (χ3n) is 18.1. The van der Waals surface area contributed by atoms with Gasteiger partial charge in [-0.25, -0.2) is 4.57 Å². The normalized spacial score (nSPS) is 13.5. The molecule has 558 valence electrons. The average Bonchev–Trinajstić information content (AvgIpc) is 1.98. The number of carbonyl (C=O) groups excluding carboxylic acids is 2. The van der Waals surface area contributed by atoms with Crippen molar-refractivity contribution in [2.45, 2.75) is 392 Å². The Morgan fingerprint density at radius 1 is 0.333 bits per heavy atom. The summed E-state index contributed by atoms with van der Waals surface area (Å²) < 4.78 is 34.8. The molecule has 9 nitrogen and oxygen atoms in total. The Kier molecular flexibility index (Phi) is 73.7. The van der Waals surface area contributed by atoms with Crippen molar-refractivity contribution in [2.24, 2.45) is 0 Å². The van der Waals surface area contributed by atoms with E-state index in [4.69, 9.17) is 18.5 Å². The summed E-state index contributed by atoms with van der Waals surface area (Å²) in [6.07, 6.45) is 107. The number of likely N-dealkylation sites (N-methyl/N-ethyl adjacent to an activating group) is 1. The summed E-state index contributed by atoms with van der Waals surface area (Å²) in [4.78, 5) is 36.0. The Hall–Kier alpha value is -3.07. The van der Waals surface area contributed by atoms with Crippen molar-refractivity contribution < 1.29 is 42.1 Å². The van der Waals surface area contributed by atoms with Crippen molar-refractivity contribution in [1.29, 1.82) is 0 Å². The van der Waals surface area contributed by atoms with Crippen molar-refractivity contribution in [1.82, 2.24) is 0 Å². The molecule has 0 aromatic carbocycles. The first-order valence-corrected chi connectivity index (χ1v) is 42.5. The highest BCUT2D eigenvalue weighted by molar-refractivity contribution is 7.47. The Balaban J connectivity index is 3.95. The van der Waals surface area contributed by atoms with Crippen molar-refractivity contribution in [3.63, 3.8) is 0 Å². The predicted octanol–water partition coefficient (Wildman–Crippen LogP) is 27.4. The Bertz CT molecular complexity index is 1940. The third-order valence-corrected chi connectivity index (χ3v) is 19.1. The van der Waals surface area contributed by atoms with Gasteiger partial charge in [0.05, 0.1) is 27.7 Å². The molecular formula is C86H157NO8P+. The van der Waals surface area contributed by atoms with Crippen LogP contribution in [0.25, 0.3) is 0 Å². The quantitative estimate of drug-likeness (QED) is 0.0211. The van der Waals surface area contributed by atoms with Gasteiger partial charge in [0.1, 0.15) is 19.8 Å². The lowest BCUT2D eigenvalue weighted by atomic mass is 10.0. The molecule has 0 radical (unpaired) electrons. The Morgan fingerprint density at radius 2 is 0.594 bits per heavy atom. The largest absolute Gasteiger partial charge is 0.472 e. The summed E-state index contributed by atoms with van der Waals surface area (Å²) in [5.74, 6) is -0.782. The van der Waals surface area contributed by atoms with Crippen LogP contribution in [-0.4, -0.2) is 74.9 Å². The van der Waals surface area contributed by atoms with Crippen LogP contribution >= 0.6 is 7.82 Å². The molecule has 2 atom stereocenters. The number of rotatable bonds is 76. The van der Waals surface area contributed by atoms with Gasteiger partial charge < -0.3 is 18.9 Å². The molecule has 0 aliphatic carbocycles. The van der Waals surface area contributed by atoms with Crippen LogP contribution in [0.5, 0.6) is 0 Å². The summed E-state index contributed by atoms with van der Waals surface area (Å²) in [5.41, 5.74) is 0. The van der Waals surface area contributed by atoms with E-state index < -0.39 is 26.5 Å². The minimum atomic E-state index is -4.40. The fourth-order valence-corrected chi connectivity index (χ4v) is 12.7. The van der Waals surface area contributed by atoms with E-state index in [1.165, 1.54) is 263 Å². The number of ether oxygens (including phenoxy) is 2. The van der Waals surface area contributed by atoms with E-state index in [1.807, 2.05) is 21.1 Å². The lowest BCUT2D eigenvalue weighted by molar-refractivity contribution is -0.870. The zero-order valence-electron chi connectivity index (χ0n) is 63.9. The SMILES string of the molecule is CC/C=C\C/C=C\C/C=C\C/C=C\C/C=C\C/C=C\C/C=C\C/C=C\CCCCCCCCCCCCCCCCC(=O)OC(COC(=O)CCCCCCCCCCCCCCCCCCCCCCCCCCCCCCCCCCC)COP(=O)(O)OCC[N+](C)(C)C. The van der Waals surface area contributed by atoms with Crippen molar-refractivity contribution in [2.75, 3.05) is 47.5 Å². The van der Waals surface area contributed by atoms with Crippen LogP contribution < -0.4 is 0 Å². The lowest BCUT2D eigenvalue weighted by Gasteiger charge is -2.24. The third kappa shape index (κ3) is 79.9. The molecule has 0 spiro atoms. The number of unbranched alkanes of at least 4 members (excludes halogenated alkanes) is 46. The van der Waals surface area contributed by atoms with E-state index >= 15 is 0 Å². The second kappa shape index (κ2) is 76.1. The van der Waals surface area contributed by atoms with Crippen LogP contribution in [0.3, 0.4) is 0 Å². The molecule has 10 heteroatoms. The van der Waals surface area contributed by atoms with Gasteiger partial charge in [0.15, 0.2) is 6.10 Å². The number of allylic oxidation sites excluding steroid dienone is 16. The van der Waals surface area contributed by atoms with Gasteiger partial charge in [-0.3, -0.25) is 18.6 Å². The Labute approximate surface area is 595 Å². The first-order chi connectivity index (χ1) is 47.0. The molecule has 1 N–H and O–H groups in total. The molecule has 0 saturated heterocycles. The molecule has 0 amide bonds. The van der Waals surface area contributed by atoms with E-state index in [1.54, 1.807) is 0 Å². The number of quaternary nitrogens is 1. The number of hydrogen-bond donors (Lipinski definition) is 1. The highest BCUT2D eigenvalue weighted by Gasteiger charge is 2.27. The summed E-state index contributed by atoms with van der Waals surface area (Å²) >= 11 is 0. The zero-order chi connectivity index (χ0) is 69.7. The molecule has 0 aliphatic rings. The van der Waals surface area contributed by atoms with E-state index in [2.05, 4.69) is 111 Å². The molecule has 0 aliphatic heterocycles. The van der Waals surface area contributed by atoms with Crippen LogP contribution in [0.1, 0.15) is 386 Å². The maximum Gasteiger partial charge on any atom is 0.472 e. The number of hydrogen-bond acceptors (Lipinski definition) is 7. The van der Waals surface area contributed by atoms with Gasteiger partial charge in [0, 0.05) is 12.8 Å². The fourth-order valence-electron chi connectivity index (χ4n) is 11.9. The van der Waals surface area contributed by atoms with Gasteiger partial charge in [-0.1, -0.05) is 394 Å². The van der Waals surface area contributed by atoms with Crippen LogP contribution in [0.4, 0.5) is 0 Å². The average molecular weight is 1360 g/mol. The summed E-state index contributed by atoms with van der Waals surface area (Å²) in [7, 11) is 1.49. The molecule has 0 aromatic rings. The number of carbonyl (C=O) groups is 2. The summed E-state index contributed by atoms with van der Waals surface area (Å²) in [5, 5.41) is 0. The number of phosphoric acid groups is 1. The molecule has 96 heavy (non-hydrogen) atoms. The minimum Gasteiger partial charge on any atom is -0.462 e. The first kappa shape index (κ1) is 92.9. The summed E-state index contributed by atoms with van der Waals surface area (Å²) in [6.45, 7) is 4.38. The van der Waals surface area contributed by atoms with E-state index in [0.29, 0.717) is 23.9 Å². The molecular weight excluding hydrogens is 1210 g/mol. The highest BCUT2D eigenvalue weighted by Crippen LogP contribution is 2.43. The first-order valence-electron chi connectivity index (χ1n) is 41.0. The van der Waals surface area contributed by atoms with Gasteiger partial charge in [0.2, 0.25) is 0 Å². The van der Waals surface area contributed by atoms with E-state index in [0.717, 1.165) is 89.9 Å². The molecule has 0 aromatic heterocycles. The second-order valence-corrected chi connectivity index (χ2v) is 30.2. The number of esters is 2. The second-order valence-electron chi connectivity index (χ2n) is 28.8. The van der Waals surface area contributed by atoms with Crippen molar-refractivity contribution in [3.8, 4) is 0 Å². The number of nitrogens with zero attached hydrogens (tertiary/aromatic N) is 1. The van der Waals surface area contributed by atoms with E-state index in [-0.39, 0.29) is 25.6 Å². The molecule has 0 heterocycles. The van der Waals surface area contributed by atoms with Gasteiger partial charge in [-0.05, 0) is 77.0 Å². The molecule has 0 saturated carbocycles. The van der Waals surface area contributed by atoms with Gasteiger partial charge in [-0.2, -0.15) is 0 Å². The monoisotopic (exact) mass is 1360 g/mol. The van der Waals surface area contributed by atoms with Crippen LogP contribution in [-0.2, 0) is 32.7 Å². The predicted molar refractivity (Wildman–Crippen MR) is 418 cm³/mol. The Morgan fingerprint density at radius 3 is 0.885 bits per heavy atom. The smallest absolute Gasteiger partial charge is 0.462 e. The van der Waals surface area contributed by atoms with Gasteiger partial charge >= 0.3 is 19.8 Å². The summed E-state index contributed by atoms with van der Waals surface area (Å²) in [6, 6.07) is 0. The van der Waals surface area contributed by atoms with E-state index in [9.17, 15) is 19.0 Å². The van der Waals surface area contributed by atoms with Crippen molar-refractivity contribution >= 4 is 19.8 Å². The van der Waals surface area contributed by atoms with Crippen LogP contribution in [0.2, 0.25) is 0 Å². The lowest BCUT2D eigenvalue weighted by Crippen LogP contribution is -2.37. The molecule has 2 unspecified atom stereocenters. The maximum atomic E-state index is 12.9. The minimum absolute atomic E-state index is 0.0310. The maximum absolute atomic E-state index is 12.9. The standard InChI is InChI=1S/C86H156NO8P/c1-6-8-10-12-14-16-18-20-22-24-26-28-30-32-34-36-38-40-41-42-43-44-45-47-49-51-53-55-57-59-61-63-65-67-69-71-73-75-77-79-86(89)95-84(83-94-96(90,91)93-81-80-87(3,4)5)82-92-85(88)78-76-74-72-70-68-66-64-62-60-58-56-54-52-50-48-46-39-37-35-33-31-29-27-25-23-21-19-17-15-13-11-9-7-2/h8,10,14,16,20,22,26,28,32,34,38,40,42-43,45,47,84H,6-7,9,11-13,15,17-19,21,23-25,27,29-31,33,35-37,39,41,44,46,48-83H2,1-5H3/p+1/b10-8-,16-14-,22-20-,28-26-,34-32-,40-38-,43-42-,47-45-. The topological polar surface area (TPSA) is 108 Å².